The van der Waals surface area contributed by atoms with Crippen molar-refractivity contribution in [1.29, 1.82) is 0 Å². The Morgan fingerprint density at radius 2 is 2.06 bits per heavy atom. The molecule has 2 N–H and O–H groups in total. The summed E-state index contributed by atoms with van der Waals surface area (Å²) in [7, 11) is 0. The zero-order chi connectivity index (χ0) is 12.3. The van der Waals surface area contributed by atoms with Gasteiger partial charge >= 0.3 is 0 Å². The number of hydrogen-bond donors (Lipinski definition) is 1. The number of nitrogens with two attached hydrogens (primary N) is 1. The lowest BCUT2D eigenvalue weighted by atomic mass is 10.3. The number of nitrogens with zero attached hydrogens (tertiary/aromatic N) is 4. The number of anilines is 1. The third kappa shape index (κ3) is 2.38. The second-order valence-corrected chi connectivity index (χ2v) is 4.24. The van der Waals surface area contributed by atoms with Crippen molar-refractivity contribution in [2.24, 2.45) is 0 Å². The van der Waals surface area contributed by atoms with Crippen LogP contribution in [0, 0.1) is 0 Å². The molecule has 0 unspecified atom stereocenters. The van der Waals surface area contributed by atoms with Gasteiger partial charge in [-0.2, -0.15) is 0 Å². The second kappa shape index (κ2) is 5.12. The molecule has 5 heteroatoms. The average Bonchev–Trinajstić information content (AvgIpc) is 2.70. The lowest BCUT2D eigenvalue weighted by Gasteiger charge is -2.04. The molecule has 2 aromatic rings. The van der Waals surface area contributed by atoms with Crippen LogP contribution in [0.2, 0.25) is 0 Å². The summed E-state index contributed by atoms with van der Waals surface area (Å²) in [6, 6.07) is 0. The predicted octanol–water partition coefficient (Wildman–Crippen LogP) is 2.16. The molecule has 0 saturated heterocycles. The summed E-state index contributed by atoms with van der Waals surface area (Å²) < 4.78 is 2.07. The van der Waals surface area contributed by atoms with E-state index < -0.39 is 0 Å². The van der Waals surface area contributed by atoms with E-state index >= 15 is 0 Å². The fraction of sp³-hybridized carbons (Fsp3) is 0.583. The quantitative estimate of drug-likeness (QED) is 0.859. The third-order valence-electron chi connectivity index (χ3n) is 2.76. The number of aromatic nitrogens is 4. The molecule has 0 atom stereocenters. The molecule has 17 heavy (non-hydrogen) atoms. The van der Waals surface area contributed by atoms with E-state index in [4.69, 9.17) is 5.73 Å². The lowest BCUT2D eigenvalue weighted by molar-refractivity contribution is 0.640. The minimum atomic E-state index is 0.494. The first-order valence-electron chi connectivity index (χ1n) is 6.23. The highest BCUT2D eigenvalue weighted by Gasteiger charge is 2.10. The van der Waals surface area contributed by atoms with Gasteiger partial charge in [0, 0.05) is 13.0 Å². The molecule has 0 radical (unpaired) electrons. The molecule has 0 aromatic carbocycles. The molecule has 2 heterocycles. The largest absolute Gasteiger partial charge is 0.382 e. The SMILES string of the molecule is CCCCn1cnc2c(N)nc(CCC)nc21. The van der Waals surface area contributed by atoms with Crippen molar-refractivity contribution in [3.05, 3.63) is 12.2 Å². The molecule has 92 valence electrons. The standard InChI is InChI=1S/C12H19N5/c1-3-5-7-17-8-14-10-11(13)15-9(6-4-2)16-12(10)17/h8H,3-7H2,1-2H3,(H2,13,15,16). The van der Waals surface area contributed by atoms with Crippen LogP contribution in [0.3, 0.4) is 0 Å². The molecular weight excluding hydrogens is 214 g/mol. The van der Waals surface area contributed by atoms with Crippen LogP contribution in [-0.4, -0.2) is 19.5 Å². The Morgan fingerprint density at radius 3 is 2.76 bits per heavy atom. The van der Waals surface area contributed by atoms with Gasteiger partial charge in [-0.1, -0.05) is 20.3 Å². The van der Waals surface area contributed by atoms with E-state index in [1.165, 1.54) is 0 Å². The second-order valence-electron chi connectivity index (χ2n) is 4.24. The maximum absolute atomic E-state index is 5.90. The van der Waals surface area contributed by atoms with E-state index in [1.54, 1.807) is 6.33 Å². The highest BCUT2D eigenvalue weighted by molar-refractivity contribution is 5.81. The van der Waals surface area contributed by atoms with Gasteiger partial charge in [-0.25, -0.2) is 15.0 Å². The van der Waals surface area contributed by atoms with Crippen molar-refractivity contribution >= 4 is 17.0 Å². The van der Waals surface area contributed by atoms with Crippen LogP contribution in [0.5, 0.6) is 0 Å². The molecule has 0 bridgehead atoms. The molecule has 5 nitrogen and oxygen atoms in total. The summed E-state index contributed by atoms with van der Waals surface area (Å²) in [4.78, 5) is 13.1. The average molecular weight is 233 g/mol. The number of rotatable bonds is 5. The fourth-order valence-corrected chi connectivity index (χ4v) is 1.84. The van der Waals surface area contributed by atoms with Crippen LogP contribution in [0.25, 0.3) is 11.2 Å². The van der Waals surface area contributed by atoms with Crippen LogP contribution in [0.4, 0.5) is 5.82 Å². The zero-order valence-electron chi connectivity index (χ0n) is 10.5. The van der Waals surface area contributed by atoms with E-state index in [2.05, 4.69) is 33.4 Å². The van der Waals surface area contributed by atoms with Crippen LogP contribution in [0.1, 0.15) is 38.9 Å². The molecule has 2 rings (SSSR count). The fourth-order valence-electron chi connectivity index (χ4n) is 1.84. The molecule has 0 aliphatic rings. The number of fused-ring (bicyclic) bond motifs is 1. The Balaban J connectivity index is 2.42. The number of hydrogen-bond acceptors (Lipinski definition) is 4. The smallest absolute Gasteiger partial charge is 0.165 e. The van der Waals surface area contributed by atoms with Gasteiger partial charge in [0.05, 0.1) is 6.33 Å². The molecule has 0 spiro atoms. The summed E-state index contributed by atoms with van der Waals surface area (Å²) in [5.41, 5.74) is 7.50. The van der Waals surface area contributed by atoms with Crippen molar-refractivity contribution in [2.75, 3.05) is 5.73 Å². The van der Waals surface area contributed by atoms with Crippen LogP contribution in [0.15, 0.2) is 6.33 Å². The highest BCUT2D eigenvalue weighted by atomic mass is 15.1. The molecule has 0 aliphatic carbocycles. The van der Waals surface area contributed by atoms with Gasteiger partial charge in [0.25, 0.3) is 0 Å². The van der Waals surface area contributed by atoms with Gasteiger partial charge in [-0.15, -0.1) is 0 Å². The molecule has 0 amide bonds. The minimum Gasteiger partial charge on any atom is -0.382 e. The number of nitrogen functional groups attached to an aromatic ring is 1. The van der Waals surface area contributed by atoms with Gasteiger partial charge in [-0.05, 0) is 12.8 Å². The van der Waals surface area contributed by atoms with Crippen LogP contribution < -0.4 is 5.73 Å². The third-order valence-corrected chi connectivity index (χ3v) is 2.76. The topological polar surface area (TPSA) is 69.6 Å². The van der Waals surface area contributed by atoms with Crippen molar-refractivity contribution in [1.82, 2.24) is 19.5 Å². The van der Waals surface area contributed by atoms with Gasteiger partial charge in [0.1, 0.15) is 11.3 Å². The summed E-state index contributed by atoms with van der Waals surface area (Å²) >= 11 is 0. The van der Waals surface area contributed by atoms with E-state index in [-0.39, 0.29) is 0 Å². The van der Waals surface area contributed by atoms with E-state index in [9.17, 15) is 0 Å². The summed E-state index contributed by atoms with van der Waals surface area (Å²) in [5.74, 6) is 1.31. The van der Waals surface area contributed by atoms with Crippen LogP contribution >= 0.6 is 0 Å². The predicted molar refractivity (Wildman–Crippen MR) is 68.6 cm³/mol. The molecule has 2 aromatic heterocycles. The summed E-state index contributed by atoms with van der Waals surface area (Å²) in [6.45, 7) is 5.22. The van der Waals surface area contributed by atoms with Gasteiger partial charge < -0.3 is 10.3 Å². The maximum Gasteiger partial charge on any atom is 0.165 e. The number of aryl methyl sites for hydroxylation is 2. The lowest BCUT2D eigenvalue weighted by Crippen LogP contribution is -2.04. The maximum atomic E-state index is 5.90. The Kier molecular flexibility index (Phi) is 3.56. The minimum absolute atomic E-state index is 0.494. The van der Waals surface area contributed by atoms with Crippen molar-refractivity contribution in [2.45, 2.75) is 46.1 Å². The van der Waals surface area contributed by atoms with Crippen molar-refractivity contribution < 1.29 is 0 Å². The molecule has 0 saturated carbocycles. The first-order valence-corrected chi connectivity index (χ1v) is 6.23. The van der Waals surface area contributed by atoms with Crippen molar-refractivity contribution in [3.63, 3.8) is 0 Å². The summed E-state index contributed by atoms with van der Waals surface area (Å²) in [5, 5.41) is 0. The van der Waals surface area contributed by atoms with E-state index in [0.29, 0.717) is 5.82 Å². The van der Waals surface area contributed by atoms with Crippen LogP contribution in [-0.2, 0) is 13.0 Å². The zero-order valence-corrected chi connectivity index (χ0v) is 10.5. The highest BCUT2D eigenvalue weighted by Crippen LogP contribution is 2.17. The first kappa shape index (κ1) is 11.8. The van der Waals surface area contributed by atoms with Gasteiger partial charge in [0.15, 0.2) is 11.5 Å². The first-order chi connectivity index (χ1) is 8.26. The number of unbranched alkanes of at least 4 members (excludes halogenated alkanes) is 1. The normalized spacial score (nSPS) is 11.2. The molecule has 0 fully saturated rings. The Morgan fingerprint density at radius 1 is 1.24 bits per heavy atom. The monoisotopic (exact) mass is 233 g/mol. The Hall–Kier alpha value is -1.65. The summed E-state index contributed by atoms with van der Waals surface area (Å²) in [6.07, 6.45) is 5.97. The Labute approximate surface area is 101 Å². The Bertz CT molecular complexity index is 503. The van der Waals surface area contributed by atoms with E-state index in [1.807, 2.05) is 0 Å². The van der Waals surface area contributed by atoms with E-state index in [0.717, 1.165) is 49.2 Å². The number of imidazole rings is 1. The molecular formula is C12H19N5. The van der Waals surface area contributed by atoms with Crippen molar-refractivity contribution in [3.8, 4) is 0 Å². The van der Waals surface area contributed by atoms with Gasteiger partial charge in [0.2, 0.25) is 0 Å². The van der Waals surface area contributed by atoms with Gasteiger partial charge in [-0.3, -0.25) is 0 Å². The molecule has 0 aliphatic heterocycles.